The van der Waals surface area contributed by atoms with Gasteiger partial charge in [0, 0.05) is 17.5 Å². The van der Waals surface area contributed by atoms with Gasteiger partial charge in [-0.25, -0.2) is 0 Å². The molecule has 0 aliphatic heterocycles. The zero-order valence-electron chi connectivity index (χ0n) is 12.4. The summed E-state index contributed by atoms with van der Waals surface area (Å²) in [5.41, 5.74) is 1.20. The molecule has 1 heterocycles. The molecule has 1 aromatic rings. The fourth-order valence-corrected chi connectivity index (χ4v) is 3.47. The van der Waals surface area contributed by atoms with E-state index in [1.54, 1.807) is 11.3 Å². The highest BCUT2D eigenvalue weighted by molar-refractivity contribution is 7.14. The molecule has 4 heteroatoms. The van der Waals surface area contributed by atoms with Crippen LogP contribution in [-0.2, 0) is 6.42 Å². The molecule has 0 saturated carbocycles. The number of nitrogens with zero attached hydrogens (tertiary/aromatic N) is 1. The number of amides is 1. The molecule has 0 bridgehead atoms. The van der Waals surface area contributed by atoms with E-state index in [9.17, 15) is 9.90 Å². The Bertz CT molecular complexity index is 410. The third-order valence-electron chi connectivity index (χ3n) is 3.54. The number of carbonyl (C=O) groups excluding carboxylic acids is 1. The normalized spacial score (nSPS) is 11.1. The summed E-state index contributed by atoms with van der Waals surface area (Å²) in [4.78, 5) is 16.5. The van der Waals surface area contributed by atoms with Gasteiger partial charge in [-0.15, -0.1) is 11.3 Å². The van der Waals surface area contributed by atoms with Crippen molar-refractivity contribution in [2.24, 2.45) is 0 Å². The Morgan fingerprint density at radius 3 is 2.42 bits per heavy atom. The lowest BCUT2D eigenvalue weighted by molar-refractivity contribution is 0.0627. The molecule has 0 spiro atoms. The molecule has 1 amide bonds. The Hall–Kier alpha value is -0.870. The monoisotopic (exact) mass is 283 g/mol. The molecule has 108 valence electrons. The number of aryl methyl sites for hydroxylation is 2. The molecule has 0 aliphatic rings. The van der Waals surface area contributed by atoms with Crippen LogP contribution in [0.2, 0.25) is 0 Å². The van der Waals surface area contributed by atoms with E-state index in [1.165, 1.54) is 10.4 Å². The number of aliphatic hydroxyl groups is 1. The average molecular weight is 283 g/mol. The van der Waals surface area contributed by atoms with Gasteiger partial charge in [0.2, 0.25) is 0 Å². The standard InChI is InChI=1S/C15H25NO2S/c1-5-12(6-2)16(8-9-17)15(18)14-10-11(4)13(7-3)19-14/h10,12,17H,5-9H2,1-4H3. The third kappa shape index (κ3) is 3.80. The number of hydrogen-bond acceptors (Lipinski definition) is 3. The molecular weight excluding hydrogens is 258 g/mol. The van der Waals surface area contributed by atoms with Crippen molar-refractivity contribution in [2.45, 2.75) is 53.0 Å². The van der Waals surface area contributed by atoms with Gasteiger partial charge in [-0.2, -0.15) is 0 Å². The van der Waals surface area contributed by atoms with Gasteiger partial charge in [0.05, 0.1) is 11.5 Å². The molecule has 3 nitrogen and oxygen atoms in total. The second-order valence-electron chi connectivity index (χ2n) is 4.76. The molecule has 1 rings (SSSR count). The fraction of sp³-hybridized carbons (Fsp3) is 0.667. The summed E-state index contributed by atoms with van der Waals surface area (Å²) >= 11 is 1.59. The summed E-state index contributed by atoms with van der Waals surface area (Å²) in [6.07, 6.45) is 2.81. The summed E-state index contributed by atoms with van der Waals surface area (Å²) in [6, 6.07) is 2.20. The van der Waals surface area contributed by atoms with Crippen LogP contribution in [0.1, 0.15) is 53.7 Å². The summed E-state index contributed by atoms with van der Waals surface area (Å²) in [7, 11) is 0. The number of hydrogen-bond donors (Lipinski definition) is 1. The Kier molecular flexibility index (Phi) is 6.52. The summed E-state index contributed by atoms with van der Waals surface area (Å²) < 4.78 is 0. The van der Waals surface area contributed by atoms with Gasteiger partial charge in [0.15, 0.2) is 0 Å². The maximum absolute atomic E-state index is 12.6. The number of carbonyl (C=O) groups is 1. The van der Waals surface area contributed by atoms with E-state index in [2.05, 4.69) is 27.7 Å². The second-order valence-corrected chi connectivity index (χ2v) is 5.90. The molecule has 1 N–H and O–H groups in total. The molecule has 19 heavy (non-hydrogen) atoms. The van der Waals surface area contributed by atoms with Crippen LogP contribution < -0.4 is 0 Å². The Morgan fingerprint density at radius 1 is 1.37 bits per heavy atom. The van der Waals surface area contributed by atoms with Gasteiger partial charge in [-0.1, -0.05) is 20.8 Å². The van der Waals surface area contributed by atoms with Crippen molar-refractivity contribution in [1.82, 2.24) is 4.90 Å². The zero-order chi connectivity index (χ0) is 14.4. The van der Waals surface area contributed by atoms with Crippen LogP contribution in [0.25, 0.3) is 0 Å². The van der Waals surface area contributed by atoms with Crippen LogP contribution >= 0.6 is 11.3 Å². The van der Waals surface area contributed by atoms with Crippen molar-refractivity contribution in [1.29, 1.82) is 0 Å². The highest BCUT2D eigenvalue weighted by atomic mass is 32.1. The van der Waals surface area contributed by atoms with Crippen LogP contribution in [0.15, 0.2) is 6.07 Å². The summed E-state index contributed by atoms with van der Waals surface area (Å²) in [5, 5.41) is 9.19. The minimum Gasteiger partial charge on any atom is -0.395 e. The van der Waals surface area contributed by atoms with Crippen molar-refractivity contribution in [3.05, 3.63) is 21.4 Å². The van der Waals surface area contributed by atoms with Crippen LogP contribution in [-0.4, -0.2) is 35.1 Å². The molecule has 0 aliphatic carbocycles. The predicted molar refractivity (Wildman–Crippen MR) is 80.9 cm³/mol. The van der Waals surface area contributed by atoms with Gasteiger partial charge in [-0.3, -0.25) is 4.79 Å². The van der Waals surface area contributed by atoms with E-state index < -0.39 is 0 Å². The van der Waals surface area contributed by atoms with E-state index in [1.807, 2.05) is 11.0 Å². The van der Waals surface area contributed by atoms with E-state index in [0.29, 0.717) is 6.54 Å². The van der Waals surface area contributed by atoms with Crippen LogP contribution in [0, 0.1) is 6.92 Å². The van der Waals surface area contributed by atoms with E-state index in [-0.39, 0.29) is 18.6 Å². The van der Waals surface area contributed by atoms with E-state index in [0.717, 1.165) is 24.1 Å². The minimum absolute atomic E-state index is 0.0211. The highest BCUT2D eigenvalue weighted by Crippen LogP contribution is 2.25. The van der Waals surface area contributed by atoms with Crippen molar-refractivity contribution >= 4 is 17.2 Å². The first-order valence-corrected chi connectivity index (χ1v) is 7.91. The van der Waals surface area contributed by atoms with Crippen LogP contribution in [0.5, 0.6) is 0 Å². The summed E-state index contributed by atoms with van der Waals surface area (Å²) in [6.45, 7) is 8.78. The second kappa shape index (κ2) is 7.65. The third-order valence-corrected chi connectivity index (χ3v) is 4.91. The largest absolute Gasteiger partial charge is 0.395 e. The van der Waals surface area contributed by atoms with Crippen molar-refractivity contribution in [2.75, 3.05) is 13.2 Å². The average Bonchev–Trinajstić information content (AvgIpc) is 2.79. The topological polar surface area (TPSA) is 40.5 Å². The molecule has 0 aromatic carbocycles. The van der Waals surface area contributed by atoms with E-state index in [4.69, 9.17) is 0 Å². The first kappa shape index (κ1) is 16.2. The number of rotatable bonds is 7. The quantitative estimate of drug-likeness (QED) is 0.834. The first-order chi connectivity index (χ1) is 9.08. The minimum atomic E-state index is 0.0211. The molecular formula is C15H25NO2S. The Labute approximate surface area is 120 Å². The molecule has 0 unspecified atom stereocenters. The van der Waals surface area contributed by atoms with Crippen LogP contribution in [0.3, 0.4) is 0 Å². The van der Waals surface area contributed by atoms with Gasteiger partial charge in [0.1, 0.15) is 0 Å². The fourth-order valence-electron chi connectivity index (χ4n) is 2.40. The van der Waals surface area contributed by atoms with Crippen LogP contribution in [0.4, 0.5) is 0 Å². The predicted octanol–water partition coefficient (Wildman–Crippen LogP) is 3.24. The maximum atomic E-state index is 12.6. The summed E-state index contributed by atoms with van der Waals surface area (Å²) in [5.74, 6) is 0.0653. The van der Waals surface area contributed by atoms with Crippen molar-refractivity contribution in [3.63, 3.8) is 0 Å². The molecule has 1 aromatic heterocycles. The van der Waals surface area contributed by atoms with Gasteiger partial charge >= 0.3 is 0 Å². The molecule has 0 fully saturated rings. The lowest BCUT2D eigenvalue weighted by Crippen LogP contribution is -2.41. The highest BCUT2D eigenvalue weighted by Gasteiger charge is 2.23. The number of aliphatic hydroxyl groups excluding tert-OH is 1. The van der Waals surface area contributed by atoms with Gasteiger partial charge < -0.3 is 10.0 Å². The zero-order valence-corrected chi connectivity index (χ0v) is 13.2. The molecule has 0 atom stereocenters. The van der Waals surface area contributed by atoms with Gasteiger partial charge in [-0.05, 0) is 37.8 Å². The Balaban J connectivity index is 2.97. The molecule has 0 radical (unpaired) electrons. The smallest absolute Gasteiger partial charge is 0.264 e. The van der Waals surface area contributed by atoms with Crippen molar-refractivity contribution < 1.29 is 9.90 Å². The van der Waals surface area contributed by atoms with E-state index >= 15 is 0 Å². The lowest BCUT2D eigenvalue weighted by Gasteiger charge is -2.29. The number of thiophene rings is 1. The first-order valence-electron chi connectivity index (χ1n) is 7.10. The lowest BCUT2D eigenvalue weighted by atomic mass is 10.1. The van der Waals surface area contributed by atoms with Crippen molar-refractivity contribution in [3.8, 4) is 0 Å². The Morgan fingerprint density at radius 2 is 2.00 bits per heavy atom. The van der Waals surface area contributed by atoms with Gasteiger partial charge in [0.25, 0.3) is 5.91 Å². The SMILES string of the molecule is CCc1sc(C(=O)N(CCO)C(CC)CC)cc1C. The maximum Gasteiger partial charge on any atom is 0.264 e. The molecule has 0 saturated heterocycles.